The van der Waals surface area contributed by atoms with E-state index >= 15 is 0 Å². The quantitative estimate of drug-likeness (QED) is 0.692. The molecular formula is C8H10BFO2S. The fourth-order valence-electron chi connectivity index (χ4n) is 1.05. The van der Waals surface area contributed by atoms with Crippen LogP contribution in [0.1, 0.15) is 5.56 Å². The number of hydrogen-bond donors (Lipinski definition) is 2. The molecule has 0 aliphatic carbocycles. The predicted molar refractivity (Wildman–Crippen MR) is 53.4 cm³/mol. The summed E-state index contributed by atoms with van der Waals surface area (Å²) in [5.74, 6) is 0.153. The summed E-state index contributed by atoms with van der Waals surface area (Å²) in [6, 6.07) is 4.36. The van der Waals surface area contributed by atoms with E-state index in [2.05, 4.69) is 0 Å². The van der Waals surface area contributed by atoms with Crippen molar-refractivity contribution >= 4 is 24.3 Å². The highest BCUT2D eigenvalue weighted by Crippen LogP contribution is 2.08. The van der Waals surface area contributed by atoms with Gasteiger partial charge in [-0.05, 0) is 17.9 Å². The molecule has 0 fully saturated rings. The van der Waals surface area contributed by atoms with Gasteiger partial charge in [0.1, 0.15) is 5.82 Å². The van der Waals surface area contributed by atoms with Gasteiger partial charge in [0.15, 0.2) is 0 Å². The molecule has 0 aliphatic heterocycles. The van der Waals surface area contributed by atoms with Crippen LogP contribution >= 0.6 is 11.8 Å². The van der Waals surface area contributed by atoms with Gasteiger partial charge >= 0.3 is 7.12 Å². The minimum Gasteiger partial charge on any atom is -0.423 e. The minimum atomic E-state index is -1.73. The van der Waals surface area contributed by atoms with Crippen LogP contribution in [-0.2, 0) is 5.75 Å². The first kappa shape index (κ1) is 10.6. The Bertz CT molecular complexity index is 293. The van der Waals surface area contributed by atoms with Crippen LogP contribution in [-0.4, -0.2) is 23.4 Å². The van der Waals surface area contributed by atoms with E-state index in [9.17, 15) is 4.39 Å². The van der Waals surface area contributed by atoms with Crippen molar-refractivity contribution in [2.24, 2.45) is 0 Å². The van der Waals surface area contributed by atoms with Crippen LogP contribution in [0.5, 0.6) is 0 Å². The SMILES string of the molecule is CSCc1ccc(F)c(B(O)O)c1. The van der Waals surface area contributed by atoms with Crippen molar-refractivity contribution in [1.29, 1.82) is 0 Å². The fraction of sp³-hybridized carbons (Fsp3) is 0.250. The largest absolute Gasteiger partial charge is 0.491 e. The zero-order chi connectivity index (χ0) is 9.84. The van der Waals surface area contributed by atoms with Gasteiger partial charge < -0.3 is 10.0 Å². The van der Waals surface area contributed by atoms with Gasteiger partial charge in [-0.25, -0.2) is 4.39 Å². The van der Waals surface area contributed by atoms with Crippen LogP contribution in [0.25, 0.3) is 0 Å². The van der Waals surface area contributed by atoms with Crippen LogP contribution in [0.4, 0.5) is 4.39 Å². The molecule has 0 atom stereocenters. The van der Waals surface area contributed by atoms with Crippen LogP contribution < -0.4 is 5.46 Å². The number of benzene rings is 1. The van der Waals surface area contributed by atoms with Crippen LogP contribution in [0.2, 0.25) is 0 Å². The zero-order valence-electron chi connectivity index (χ0n) is 7.20. The molecule has 1 rings (SSSR count). The first-order valence-corrected chi connectivity index (χ1v) is 5.18. The summed E-state index contributed by atoms with van der Waals surface area (Å²) >= 11 is 1.60. The van der Waals surface area contributed by atoms with Crippen molar-refractivity contribution in [3.8, 4) is 0 Å². The molecule has 0 aliphatic rings. The first-order valence-electron chi connectivity index (χ1n) is 3.78. The summed E-state index contributed by atoms with van der Waals surface area (Å²) in [5.41, 5.74) is 0.823. The minimum absolute atomic E-state index is 0.0634. The van der Waals surface area contributed by atoms with Gasteiger partial charge in [0.25, 0.3) is 0 Å². The highest BCUT2D eigenvalue weighted by Gasteiger charge is 2.16. The van der Waals surface area contributed by atoms with Gasteiger partial charge in [-0.1, -0.05) is 12.1 Å². The Labute approximate surface area is 80.9 Å². The number of halogens is 1. The zero-order valence-corrected chi connectivity index (χ0v) is 8.01. The maximum absolute atomic E-state index is 12.9. The second kappa shape index (κ2) is 4.65. The second-order valence-corrected chi connectivity index (χ2v) is 3.53. The van der Waals surface area contributed by atoms with E-state index in [0.29, 0.717) is 0 Å². The third-order valence-electron chi connectivity index (χ3n) is 1.65. The molecule has 0 saturated carbocycles. The normalized spacial score (nSPS) is 10.2. The van der Waals surface area contributed by atoms with Crippen molar-refractivity contribution in [2.45, 2.75) is 5.75 Å². The van der Waals surface area contributed by atoms with Crippen LogP contribution in [0.15, 0.2) is 18.2 Å². The molecule has 0 aromatic heterocycles. The molecule has 0 amide bonds. The molecule has 5 heteroatoms. The smallest absolute Gasteiger partial charge is 0.423 e. The van der Waals surface area contributed by atoms with Crippen molar-refractivity contribution < 1.29 is 14.4 Å². The lowest BCUT2D eigenvalue weighted by Crippen LogP contribution is -2.32. The summed E-state index contributed by atoms with van der Waals surface area (Å²) < 4.78 is 12.9. The molecule has 0 bridgehead atoms. The molecule has 1 aromatic rings. The highest BCUT2D eigenvalue weighted by molar-refractivity contribution is 7.97. The molecule has 13 heavy (non-hydrogen) atoms. The molecule has 0 unspecified atom stereocenters. The van der Waals surface area contributed by atoms with E-state index in [1.54, 1.807) is 17.8 Å². The molecule has 0 spiro atoms. The Morgan fingerprint density at radius 1 is 1.46 bits per heavy atom. The summed E-state index contributed by atoms with van der Waals surface area (Å²) in [4.78, 5) is 0. The fourth-order valence-corrected chi connectivity index (χ4v) is 1.56. The van der Waals surface area contributed by atoms with E-state index in [0.717, 1.165) is 11.3 Å². The lowest BCUT2D eigenvalue weighted by molar-refractivity contribution is 0.423. The van der Waals surface area contributed by atoms with Gasteiger partial charge in [0, 0.05) is 11.2 Å². The lowest BCUT2D eigenvalue weighted by Gasteiger charge is -2.04. The van der Waals surface area contributed by atoms with Gasteiger partial charge in [0.05, 0.1) is 0 Å². The Morgan fingerprint density at radius 2 is 2.15 bits per heavy atom. The molecule has 0 saturated heterocycles. The third-order valence-corrected chi connectivity index (χ3v) is 2.27. The summed E-state index contributed by atoms with van der Waals surface area (Å²) in [6.07, 6.45) is 1.93. The highest BCUT2D eigenvalue weighted by atomic mass is 32.2. The van der Waals surface area contributed by atoms with Crippen molar-refractivity contribution in [3.05, 3.63) is 29.6 Å². The lowest BCUT2D eigenvalue weighted by atomic mass is 9.79. The molecule has 0 radical (unpaired) electrons. The summed E-state index contributed by atoms with van der Waals surface area (Å²) in [5, 5.41) is 17.6. The molecular weight excluding hydrogens is 190 g/mol. The third kappa shape index (κ3) is 2.72. The average molecular weight is 200 g/mol. The van der Waals surface area contributed by atoms with E-state index in [1.165, 1.54) is 12.1 Å². The Hall–Kier alpha value is -0.515. The van der Waals surface area contributed by atoms with E-state index in [1.807, 2.05) is 6.26 Å². The van der Waals surface area contributed by atoms with E-state index in [4.69, 9.17) is 10.0 Å². The molecule has 0 heterocycles. The Morgan fingerprint density at radius 3 is 2.69 bits per heavy atom. The monoisotopic (exact) mass is 200 g/mol. The Kier molecular flexibility index (Phi) is 3.78. The predicted octanol–water partition coefficient (Wildman–Crippen LogP) is 0.369. The maximum atomic E-state index is 12.9. The summed E-state index contributed by atoms with van der Waals surface area (Å²) in [7, 11) is -1.73. The van der Waals surface area contributed by atoms with Gasteiger partial charge in [0.2, 0.25) is 0 Å². The maximum Gasteiger partial charge on any atom is 0.491 e. The first-order chi connectivity index (χ1) is 6.15. The van der Waals surface area contributed by atoms with Crippen LogP contribution in [0, 0.1) is 5.82 Å². The standard InChI is InChI=1S/C8H10BFO2S/c1-13-5-6-2-3-8(10)7(4-6)9(11)12/h2-4,11-12H,5H2,1H3. The van der Waals surface area contributed by atoms with Crippen LogP contribution in [0.3, 0.4) is 0 Å². The number of rotatable bonds is 3. The van der Waals surface area contributed by atoms with Gasteiger partial charge in [-0.15, -0.1) is 0 Å². The van der Waals surface area contributed by atoms with Gasteiger partial charge in [-0.3, -0.25) is 0 Å². The number of thioether (sulfide) groups is 1. The van der Waals surface area contributed by atoms with Crippen molar-refractivity contribution in [2.75, 3.05) is 6.26 Å². The average Bonchev–Trinajstić information content (AvgIpc) is 2.08. The number of hydrogen-bond acceptors (Lipinski definition) is 3. The summed E-state index contributed by atoms with van der Waals surface area (Å²) in [6.45, 7) is 0. The van der Waals surface area contributed by atoms with Gasteiger partial charge in [-0.2, -0.15) is 11.8 Å². The van der Waals surface area contributed by atoms with Crippen molar-refractivity contribution in [3.63, 3.8) is 0 Å². The topological polar surface area (TPSA) is 40.5 Å². The molecule has 70 valence electrons. The molecule has 2 N–H and O–H groups in total. The second-order valence-electron chi connectivity index (χ2n) is 2.66. The van der Waals surface area contributed by atoms with E-state index in [-0.39, 0.29) is 5.46 Å². The molecule has 2 nitrogen and oxygen atoms in total. The Balaban J connectivity index is 2.97. The molecule has 1 aromatic carbocycles. The van der Waals surface area contributed by atoms with E-state index < -0.39 is 12.9 Å². The van der Waals surface area contributed by atoms with Crippen molar-refractivity contribution in [1.82, 2.24) is 0 Å².